The van der Waals surface area contributed by atoms with Crippen molar-refractivity contribution in [3.63, 3.8) is 0 Å². The van der Waals surface area contributed by atoms with Crippen LogP contribution >= 0.6 is 0 Å². The van der Waals surface area contributed by atoms with Gasteiger partial charge >= 0.3 is 11.4 Å². The predicted octanol–water partition coefficient (Wildman–Crippen LogP) is 0.792. The van der Waals surface area contributed by atoms with Crippen LogP contribution in [0.25, 0.3) is 5.69 Å². The first-order chi connectivity index (χ1) is 9.79. The maximum atomic E-state index is 12.7. The van der Waals surface area contributed by atoms with Crippen LogP contribution in [0.3, 0.4) is 0 Å². The van der Waals surface area contributed by atoms with E-state index in [4.69, 9.17) is 0 Å². The SMILES string of the molecule is O=c1n(-c2ccccc2)c(=O)n2n1[C@@H]1C3[C@H]4[C@@H]1[C@@H]2C[C@@H]34. The van der Waals surface area contributed by atoms with Crippen LogP contribution in [0.2, 0.25) is 0 Å². The predicted molar refractivity (Wildman–Crippen MR) is 70.9 cm³/mol. The summed E-state index contributed by atoms with van der Waals surface area (Å²) in [5, 5.41) is 0. The topological polar surface area (TPSA) is 48.9 Å². The van der Waals surface area contributed by atoms with E-state index in [-0.39, 0.29) is 17.4 Å². The summed E-state index contributed by atoms with van der Waals surface area (Å²) in [6.07, 6.45) is 1.11. The Morgan fingerprint density at radius 3 is 2.40 bits per heavy atom. The lowest BCUT2D eigenvalue weighted by atomic mass is 9.75. The van der Waals surface area contributed by atoms with Gasteiger partial charge < -0.3 is 0 Å². The fourth-order valence-electron chi connectivity index (χ4n) is 5.46. The Balaban J connectivity index is 1.67. The van der Waals surface area contributed by atoms with Crippen LogP contribution < -0.4 is 11.4 Å². The van der Waals surface area contributed by atoms with Crippen LogP contribution in [0.4, 0.5) is 0 Å². The largest absolute Gasteiger partial charge is 0.352 e. The number of hydrogen-bond donors (Lipinski definition) is 0. The van der Waals surface area contributed by atoms with Crippen molar-refractivity contribution >= 4 is 0 Å². The molecule has 6 atom stereocenters. The van der Waals surface area contributed by atoms with Crippen LogP contribution in [0, 0.1) is 23.7 Å². The van der Waals surface area contributed by atoms with E-state index in [0.29, 0.717) is 23.6 Å². The Labute approximate surface area is 114 Å². The van der Waals surface area contributed by atoms with Gasteiger partial charge in [0.15, 0.2) is 0 Å². The molecule has 6 rings (SSSR count). The third-order valence-electron chi connectivity index (χ3n) is 6.10. The number of rotatable bonds is 1. The lowest BCUT2D eigenvalue weighted by Gasteiger charge is -2.31. The highest BCUT2D eigenvalue weighted by molar-refractivity contribution is 5.33. The summed E-state index contributed by atoms with van der Waals surface area (Å²) in [6, 6.07) is 9.85. The summed E-state index contributed by atoms with van der Waals surface area (Å²) in [4.78, 5) is 25.4. The van der Waals surface area contributed by atoms with Gasteiger partial charge in [-0.2, -0.15) is 0 Å². The summed E-state index contributed by atoms with van der Waals surface area (Å²) in [7, 11) is 0. The van der Waals surface area contributed by atoms with Crippen molar-refractivity contribution in [2.24, 2.45) is 23.7 Å². The first-order valence-corrected chi connectivity index (χ1v) is 7.30. The Hall–Kier alpha value is -2.04. The van der Waals surface area contributed by atoms with Crippen LogP contribution in [-0.4, -0.2) is 13.9 Å². The van der Waals surface area contributed by atoms with Crippen LogP contribution in [-0.2, 0) is 0 Å². The Morgan fingerprint density at radius 1 is 0.900 bits per heavy atom. The third kappa shape index (κ3) is 0.773. The van der Waals surface area contributed by atoms with Gasteiger partial charge in [0, 0.05) is 5.92 Å². The van der Waals surface area contributed by atoms with Crippen molar-refractivity contribution in [2.75, 3.05) is 0 Å². The zero-order chi connectivity index (χ0) is 13.2. The molecular weight excluding hydrogens is 254 g/mol. The number of fused-ring (bicyclic) bond motifs is 5. The first kappa shape index (κ1) is 9.80. The monoisotopic (exact) mass is 267 g/mol. The average Bonchev–Trinajstić information content (AvgIpc) is 2.68. The summed E-state index contributed by atoms with van der Waals surface area (Å²) < 4.78 is 4.88. The molecule has 0 spiro atoms. The molecule has 0 bridgehead atoms. The molecule has 100 valence electrons. The fraction of sp³-hybridized carbons (Fsp3) is 0.467. The van der Waals surface area contributed by atoms with Gasteiger partial charge in [0.25, 0.3) is 0 Å². The molecule has 3 saturated carbocycles. The second kappa shape index (κ2) is 2.71. The number of hydrogen-bond acceptors (Lipinski definition) is 2. The number of benzene rings is 1. The van der Waals surface area contributed by atoms with Gasteiger partial charge in [-0.1, -0.05) is 18.2 Å². The molecule has 20 heavy (non-hydrogen) atoms. The molecule has 1 unspecified atom stereocenters. The van der Waals surface area contributed by atoms with E-state index >= 15 is 0 Å². The standard InChI is InChI=1S/C15H13N3O2/c19-14-16(7-4-2-1-3-5-7)15(20)18-13-11-8-6-9(17(14)18)12(13)10(8)11/h1-5,8-13H,6H2/t8-,9+,10+,11?,12+,13-/m1/s1. The van der Waals surface area contributed by atoms with E-state index in [1.807, 2.05) is 30.3 Å². The van der Waals surface area contributed by atoms with Crippen LogP contribution in [0.1, 0.15) is 18.5 Å². The molecule has 0 amide bonds. The van der Waals surface area contributed by atoms with Crippen molar-refractivity contribution < 1.29 is 0 Å². The molecule has 1 aromatic heterocycles. The minimum atomic E-state index is -0.152. The van der Waals surface area contributed by atoms with Crippen molar-refractivity contribution in [3.05, 3.63) is 51.3 Å². The summed E-state index contributed by atoms with van der Waals surface area (Å²) in [5.74, 6) is 2.89. The highest BCUT2D eigenvalue weighted by Gasteiger charge is 2.80. The summed E-state index contributed by atoms with van der Waals surface area (Å²) >= 11 is 0. The molecule has 4 aliphatic rings. The van der Waals surface area contributed by atoms with E-state index in [0.717, 1.165) is 18.3 Å². The van der Waals surface area contributed by atoms with E-state index in [1.165, 1.54) is 4.57 Å². The van der Waals surface area contributed by atoms with Gasteiger partial charge in [-0.25, -0.2) is 23.5 Å². The second-order valence-corrected chi connectivity index (χ2v) is 6.61. The number of para-hydroxylation sites is 1. The van der Waals surface area contributed by atoms with E-state index in [9.17, 15) is 9.59 Å². The van der Waals surface area contributed by atoms with Crippen molar-refractivity contribution in [2.45, 2.75) is 18.5 Å². The normalized spacial score (nSPS) is 41.2. The minimum Gasteiger partial charge on any atom is -0.245 e. The fourth-order valence-corrected chi connectivity index (χ4v) is 5.46. The first-order valence-electron chi connectivity index (χ1n) is 7.30. The van der Waals surface area contributed by atoms with Crippen molar-refractivity contribution in [1.82, 2.24) is 13.9 Å². The molecule has 3 fully saturated rings. The Bertz CT molecular complexity index is 833. The molecule has 5 nitrogen and oxygen atoms in total. The Kier molecular flexibility index (Phi) is 1.33. The quantitative estimate of drug-likeness (QED) is 0.767. The molecule has 5 heteroatoms. The lowest BCUT2D eigenvalue weighted by Crippen LogP contribution is -2.38. The zero-order valence-corrected chi connectivity index (χ0v) is 10.7. The second-order valence-electron chi connectivity index (χ2n) is 6.61. The molecule has 0 N–H and O–H groups in total. The van der Waals surface area contributed by atoms with Gasteiger partial charge in [0.1, 0.15) is 0 Å². The molecule has 0 saturated heterocycles. The van der Waals surface area contributed by atoms with Gasteiger partial charge in [0.05, 0.1) is 17.8 Å². The highest BCUT2D eigenvalue weighted by Crippen LogP contribution is 2.81. The van der Waals surface area contributed by atoms with Gasteiger partial charge in [0.2, 0.25) is 0 Å². The number of nitrogens with zero attached hydrogens (tertiary/aromatic N) is 3. The van der Waals surface area contributed by atoms with Crippen LogP contribution in [0.15, 0.2) is 39.9 Å². The van der Waals surface area contributed by atoms with E-state index < -0.39 is 0 Å². The van der Waals surface area contributed by atoms with Gasteiger partial charge in [-0.3, -0.25) is 0 Å². The van der Waals surface area contributed by atoms with Crippen molar-refractivity contribution in [3.8, 4) is 5.69 Å². The molecule has 1 aromatic carbocycles. The van der Waals surface area contributed by atoms with Crippen LogP contribution in [0.5, 0.6) is 0 Å². The molecule has 1 aliphatic heterocycles. The van der Waals surface area contributed by atoms with E-state index in [1.54, 1.807) is 9.36 Å². The van der Waals surface area contributed by atoms with E-state index in [2.05, 4.69) is 0 Å². The maximum Gasteiger partial charge on any atom is 0.352 e. The highest BCUT2D eigenvalue weighted by atomic mass is 16.2. The number of aromatic nitrogens is 3. The molecule has 0 radical (unpaired) electrons. The maximum absolute atomic E-state index is 12.7. The molecule has 2 aromatic rings. The Morgan fingerprint density at radius 2 is 1.65 bits per heavy atom. The van der Waals surface area contributed by atoms with Gasteiger partial charge in [-0.05, 0) is 36.3 Å². The summed E-state index contributed by atoms with van der Waals surface area (Å²) in [5.41, 5.74) is 0.376. The smallest absolute Gasteiger partial charge is 0.245 e. The summed E-state index contributed by atoms with van der Waals surface area (Å²) in [6.45, 7) is 0. The zero-order valence-electron chi connectivity index (χ0n) is 10.7. The minimum absolute atomic E-state index is 0.148. The van der Waals surface area contributed by atoms with Crippen molar-refractivity contribution in [1.29, 1.82) is 0 Å². The lowest BCUT2D eigenvalue weighted by molar-refractivity contribution is 0.161. The molecule has 2 heterocycles. The molecule has 3 aliphatic carbocycles. The average molecular weight is 267 g/mol. The van der Waals surface area contributed by atoms with Gasteiger partial charge in [-0.15, -0.1) is 0 Å². The molecular formula is C15H13N3O2. The third-order valence-corrected chi connectivity index (χ3v) is 6.10.